The lowest BCUT2D eigenvalue weighted by Crippen LogP contribution is -2.48. The summed E-state index contributed by atoms with van der Waals surface area (Å²) >= 11 is 0. The number of hydrogen-bond donors (Lipinski definition) is 0. The van der Waals surface area contributed by atoms with E-state index < -0.39 is 45.5 Å². The lowest BCUT2D eigenvalue weighted by Gasteiger charge is -2.22. The molecule has 186 valence electrons. The van der Waals surface area contributed by atoms with E-state index in [0.29, 0.717) is 6.42 Å². The van der Waals surface area contributed by atoms with Crippen LogP contribution >= 0.6 is 0 Å². The van der Waals surface area contributed by atoms with Gasteiger partial charge < -0.3 is 9.47 Å². The molecule has 0 N–H and O–H groups in total. The number of esters is 2. The lowest BCUT2D eigenvalue weighted by atomic mass is 9.90. The predicted octanol–water partition coefficient (Wildman–Crippen LogP) is 4.91. The number of nitro groups is 2. The van der Waals surface area contributed by atoms with Crippen molar-refractivity contribution in [3.05, 3.63) is 44.2 Å². The average Bonchev–Trinajstić information content (AvgIpc) is 2.78. The van der Waals surface area contributed by atoms with E-state index in [1.54, 1.807) is 0 Å². The molecule has 10 nitrogen and oxygen atoms in total. The normalized spacial score (nSPS) is 18.3. The van der Waals surface area contributed by atoms with E-state index in [1.165, 1.54) is 45.4 Å². The first-order chi connectivity index (χ1) is 15.7. The van der Waals surface area contributed by atoms with Gasteiger partial charge in [-0.25, -0.2) is 4.79 Å². The molecule has 0 spiro atoms. The molecule has 1 rings (SSSR count). The van der Waals surface area contributed by atoms with Crippen molar-refractivity contribution in [3.63, 3.8) is 0 Å². The Morgan fingerprint density at radius 2 is 1.61 bits per heavy atom. The van der Waals surface area contributed by atoms with Gasteiger partial charge in [-0.15, -0.1) is 0 Å². The summed E-state index contributed by atoms with van der Waals surface area (Å²) in [5.41, 5.74) is -2.82. The third-order valence-electron chi connectivity index (χ3n) is 5.54. The van der Waals surface area contributed by atoms with E-state index in [0.717, 1.165) is 37.5 Å². The maximum Gasteiger partial charge on any atom is 0.389 e. The molecule has 0 saturated carbocycles. The topological polar surface area (TPSA) is 139 Å². The lowest BCUT2D eigenvalue weighted by molar-refractivity contribution is -0.548. The van der Waals surface area contributed by atoms with Gasteiger partial charge in [0, 0.05) is 23.5 Å². The van der Waals surface area contributed by atoms with Crippen molar-refractivity contribution in [2.75, 3.05) is 6.61 Å². The molecule has 0 amide bonds. The van der Waals surface area contributed by atoms with E-state index in [1.807, 2.05) is 0 Å². The summed E-state index contributed by atoms with van der Waals surface area (Å²) in [6.07, 6.45) is 13.4. The highest BCUT2D eigenvalue weighted by Crippen LogP contribution is 2.28. The van der Waals surface area contributed by atoms with E-state index in [4.69, 9.17) is 9.47 Å². The Morgan fingerprint density at radius 1 is 1.03 bits per heavy atom. The van der Waals surface area contributed by atoms with Crippen LogP contribution in [-0.4, -0.2) is 40.0 Å². The number of carbonyl (C=O) groups excluding carboxylic acids is 2. The Bertz CT molecular complexity index is 734. The van der Waals surface area contributed by atoms with Crippen LogP contribution in [0.25, 0.3) is 0 Å². The molecular weight excluding hydrogens is 432 g/mol. The third-order valence-corrected chi connectivity index (χ3v) is 5.54. The fourth-order valence-corrected chi connectivity index (χ4v) is 3.57. The Balaban J connectivity index is 2.28. The van der Waals surface area contributed by atoms with Crippen molar-refractivity contribution < 1.29 is 28.9 Å². The van der Waals surface area contributed by atoms with Crippen molar-refractivity contribution in [2.45, 2.75) is 103 Å². The highest BCUT2D eigenvalue weighted by molar-refractivity contribution is 5.82. The van der Waals surface area contributed by atoms with Crippen LogP contribution in [0, 0.1) is 20.2 Å². The molecule has 1 aliphatic rings. The molecule has 0 heterocycles. The first-order valence-corrected chi connectivity index (χ1v) is 11.8. The minimum atomic E-state index is -2.36. The highest BCUT2D eigenvalue weighted by atomic mass is 16.6. The van der Waals surface area contributed by atoms with Gasteiger partial charge in [0.2, 0.25) is 0 Å². The molecule has 0 aliphatic heterocycles. The van der Waals surface area contributed by atoms with Crippen LogP contribution in [0.1, 0.15) is 90.9 Å². The van der Waals surface area contributed by atoms with Gasteiger partial charge in [0.25, 0.3) is 5.70 Å². The summed E-state index contributed by atoms with van der Waals surface area (Å²) in [5.74, 6) is -1.65. The summed E-state index contributed by atoms with van der Waals surface area (Å²) in [6.45, 7) is 3.34. The van der Waals surface area contributed by atoms with Crippen molar-refractivity contribution >= 4 is 11.9 Å². The van der Waals surface area contributed by atoms with Gasteiger partial charge in [-0.2, -0.15) is 0 Å². The molecule has 33 heavy (non-hydrogen) atoms. The largest absolute Gasteiger partial charge is 0.459 e. The second kappa shape index (κ2) is 15.1. The van der Waals surface area contributed by atoms with Crippen LogP contribution < -0.4 is 0 Å². The third kappa shape index (κ3) is 10.1. The second-order valence-electron chi connectivity index (χ2n) is 8.46. The molecule has 2 unspecified atom stereocenters. The van der Waals surface area contributed by atoms with Gasteiger partial charge in [0.05, 0.1) is 4.92 Å². The van der Waals surface area contributed by atoms with Gasteiger partial charge in [-0.1, -0.05) is 70.8 Å². The average molecular weight is 469 g/mol. The standard InChI is InChI=1S/C23H36N2O8/c1-3-4-5-6-7-8-9-10-11-12-15-21(26)33-19(2)18-32-22(27)23(25(30)31)16-13-14-20(17-23)24(28)29/h13-14,16,19H,3-12,15,17-18H2,1-2H3. The van der Waals surface area contributed by atoms with E-state index in [9.17, 15) is 29.8 Å². The molecular formula is C23H36N2O8. The zero-order chi connectivity index (χ0) is 24.7. The summed E-state index contributed by atoms with van der Waals surface area (Å²) in [6, 6.07) is 0. The number of rotatable bonds is 17. The van der Waals surface area contributed by atoms with Gasteiger partial charge in [0.15, 0.2) is 0 Å². The molecule has 0 radical (unpaired) electrons. The van der Waals surface area contributed by atoms with Crippen molar-refractivity contribution in [3.8, 4) is 0 Å². The zero-order valence-corrected chi connectivity index (χ0v) is 19.7. The molecule has 0 aromatic carbocycles. The van der Waals surface area contributed by atoms with Crippen LogP contribution in [0.2, 0.25) is 0 Å². The van der Waals surface area contributed by atoms with Crippen LogP contribution in [0.3, 0.4) is 0 Å². The van der Waals surface area contributed by atoms with Gasteiger partial charge in [0.1, 0.15) is 19.1 Å². The smallest absolute Gasteiger partial charge is 0.389 e. The summed E-state index contributed by atoms with van der Waals surface area (Å²) in [4.78, 5) is 45.1. The Morgan fingerprint density at radius 3 is 2.15 bits per heavy atom. The molecule has 10 heteroatoms. The van der Waals surface area contributed by atoms with Crippen molar-refractivity contribution in [1.29, 1.82) is 0 Å². The van der Waals surface area contributed by atoms with E-state index in [2.05, 4.69) is 6.92 Å². The van der Waals surface area contributed by atoms with Gasteiger partial charge in [-0.05, 0) is 13.3 Å². The van der Waals surface area contributed by atoms with Crippen molar-refractivity contribution in [1.82, 2.24) is 0 Å². The SMILES string of the molecule is CCCCCCCCCCCCC(=O)OC(C)COC(=O)C1([N+](=O)[O-])C=CC=C([N+](=O)[O-])C1. The first-order valence-electron chi connectivity index (χ1n) is 11.8. The number of hydrogen-bond acceptors (Lipinski definition) is 8. The van der Waals surface area contributed by atoms with Crippen LogP contribution in [-0.2, 0) is 19.1 Å². The van der Waals surface area contributed by atoms with Crippen molar-refractivity contribution in [2.24, 2.45) is 0 Å². The number of carbonyl (C=O) groups is 2. The van der Waals surface area contributed by atoms with E-state index >= 15 is 0 Å². The first kappa shape index (κ1) is 28.3. The molecule has 2 atom stereocenters. The molecule has 0 aromatic heterocycles. The summed E-state index contributed by atoms with van der Waals surface area (Å²) in [5, 5.41) is 22.5. The van der Waals surface area contributed by atoms with Gasteiger partial charge >= 0.3 is 17.5 Å². The number of nitrogens with zero attached hydrogens (tertiary/aromatic N) is 2. The minimum absolute atomic E-state index is 0.257. The molecule has 0 saturated heterocycles. The Kier molecular flexibility index (Phi) is 13.0. The number of ether oxygens (including phenoxy) is 2. The molecule has 0 bridgehead atoms. The highest BCUT2D eigenvalue weighted by Gasteiger charge is 2.54. The predicted molar refractivity (Wildman–Crippen MR) is 122 cm³/mol. The fraction of sp³-hybridized carbons (Fsp3) is 0.739. The van der Waals surface area contributed by atoms with Crippen LogP contribution in [0.15, 0.2) is 23.9 Å². The summed E-state index contributed by atoms with van der Waals surface area (Å²) < 4.78 is 10.2. The summed E-state index contributed by atoms with van der Waals surface area (Å²) in [7, 11) is 0. The monoisotopic (exact) mass is 468 g/mol. The minimum Gasteiger partial charge on any atom is -0.459 e. The maximum atomic E-state index is 12.4. The van der Waals surface area contributed by atoms with Gasteiger partial charge in [-0.3, -0.25) is 25.0 Å². The fourth-order valence-electron chi connectivity index (χ4n) is 3.57. The number of allylic oxidation sites excluding steroid dienone is 2. The Labute approximate surface area is 194 Å². The zero-order valence-electron chi connectivity index (χ0n) is 19.7. The Hall–Kier alpha value is -2.78. The van der Waals surface area contributed by atoms with Crippen LogP contribution in [0.5, 0.6) is 0 Å². The maximum absolute atomic E-state index is 12.4. The number of unbranched alkanes of at least 4 members (excludes halogenated alkanes) is 9. The molecule has 0 aromatic rings. The second-order valence-corrected chi connectivity index (χ2v) is 8.46. The van der Waals surface area contributed by atoms with E-state index in [-0.39, 0.29) is 13.0 Å². The van der Waals surface area contributed by atoms with Crippen LogP contribution in [0.4, 0.5) is 0 Å². The molecule has 1 aliphatic carbocycles. The molecule has 0 fully saturated rings. The quantitative estimate of drug-likeness (QED) is 0.127.